The second kappa shape index (κ2) is 4.14. The fourth-order valence-corrected chi connectivity index (χ4v) is 1.86. The molecule has 1 unspecified atom stereocenters. The van der Waals surface area contributed by atoms with Gasteiger partial charge in [-0.3, -0.25) is 0 Å². The second-order valence-electron chi connectivity index (χ2n) is 4.78. The van der Waals surface area contributed by atoms with Crippen molar-refractivity contribution in [1.82, 2.24) is 10.1 Å². The fourth-order valence-electron chi connectivity index (χ4n) is 1.86. The van der Waals surface area contributed by atoms with Crippen LogP contribution < -0.4 is 5.73 Å². The molecule has 2 rings (SSSR count). The Morgan fingerprint density at radius 2 is 2.12 bits per heavy atom. The highest BCUT2D eigenvalue weighted by molar-refractivity contribution is 5.07. The highest BCUT2D eigenvalue weighted by Crippen LogP contribution is 2.42. The Hall–Kier alpha value is -0.940. The summed E-state index contributed by atoms with van der Waals surface area (Å²) in [6, 6.07) is -0.199. The van der Waals surface area contributed by atoms with Gasteiger partial charge in [0.05, 0.1) is 6.04 Å². The van der Waals surface area contributed by atoms with Gasteiger partial charge in [0.15, 0.2) is 0 Å². The molecule has 1 heterocycles. The molecule has 1 aromatic rings. The van der Waals surface area contributed by atoms with Crippen LogP contribution in [0.5, 0.6) is 0 Å². The summed E-state index contributed by atoms with van der Waals surface area (Å²) in [4.78, 5) is 4.37. The van der Waals surface area contributed by atoms with E-state index in [0.717, 1.165) is 19.3 Å². The number of rotatable bonds is 4. The molecule has 0 aliphatic heterocycles. The van der Waals surface area contributed by atoms with Crippen LogP contribution in [0, 0.1) is 5.92 Å². The van der Waals surface area contributed by atoms with Gasteiger partial charge in [0.2, 0.25) is 11.7 Å². The van der Waals surface area contributed by atoms with Crippen LogP contribution in [0.1, 0.15) is 50.9 Å². The lowest BCUT2D eigenvalue weighted by Crippen LogP contribution is -2.37. The molecule has 16 heavy (non-hydrogen) atoms. The van der Waals surface area contributed by atoms with E-state index in [9.17, 15) is 0 Å². The van der Waals surface area contributed by atoms with Gasteiger partial charge in [0.25, 0.3) is 0 Å². The summed E-state index contributed by atoms with van der Waals surface area (Å²) in [5, 5.41) is 3.99. The zero-order chi connectivity index (χ0) is 11.8. The standard InChI is InChI=1S/C11H19N3O2/c1-7(2)8(12)9-13-10(14-16-9)11(15-3)5-4-6-11/h7-8H,4-6,12H2,1-3H3. The van der Waals surface area contributed by atoms with Crippen molar-refractivity contribution in [3.8, 4) is 0 Å². The van der Waals surface area contributed by atoms with Gasteiger partial charge in [-0.1, -0.05) is 19.0 Å². The predicted molar refractivity (Wildman–Crippen MR) is 58.6 cm³/mol. The van der Waals surface area contributed by atoms with E-state index in [2.05, 4.69) is 10.1 Å². The van der Waals surface area contributed by atoms with Gasteiger partial charge >= 0.3 is 0 Å². The van der Waals surface area contributed by atoms with Gasteiger partial charge in [-0.2, -0.15) is 4.98 Å². The number of aromatic nitrogens is 2. The normalized spacial score (nSPS) is 20.8. The summed E-state index contributed by atoms with van der Waals surface area (Å²) >= 11 is 0. The molecule has 1 aliphatic rings. The van der Waals surface area contributed by atoms with Crippen molar-refractivity contribution in [2.24, 2.45) is 11.7 Å². The fraction of sp³-hybridized carbons (Fsp3) is 0.818. The third-order valence-electron chi connectivity index (χ3n) is 3.40. The number of hydrogen-bond donors (Lipinski definition) is 1. The molecule has 1 saturated carbocycles. The summed E-state index contributed by atoms with van der Waals surface area (Å²) in [5.74, 6) is 1.44. The van der Waals surface area contributed by atoms with Gasteiger partial charge in [0, 0.05) is 7.11 Å². The van der Waals surface area contributed by atoms with Gasteiger partial charge < -0.3 is 15.0 Å². The lowest BCUT2D eigenvalue weighted by Gasteiger charge is -2.37. The van der Waals surface area contributed by atoms with Crippen molar-refractivity contribution in [2.75, 3.05) is 7.11 Å². The molecule has 1 aromatic heterocycles. The molecule has 5 heteroatoms. The molecular formula is C11H19N3O2. The van der Waals surface area contributed by atoms with E-state index in [4.69, 9.17) is 15.0 Å². The van der Waals surface area contributed by atoms with Crippen LogP contribution >= 0.6 is 0 Å². The Morgan fingerprint density at radius 3 is 2.56 bits per heavy atom. The van der Waals surface area contributed by atoms with Crippen LogP contribution in [0.4, 0.5) is 0 Å². The van der Waals surface area contributed by atoms with E-state index in [1.807, 2.05) is 13.8 Å². The van der Waals surface area contributed by atoms with Crippen molar-refractivity contribution in [1.29, 1.82) is 0 Å². The van der Waals surface area contributed by atoms with E-state index in [1.165, 1.54) is 0 Å². The van der Waals surface area contributed by atoms with Crippen LogP contribution in [0.15, 0.2) is 4.52 Å². The summed E-state index contributed by atoms with van der Waals surface area (Å²) in [6.07, 6.45) is 3.06. The third-order valence-corrected chi connectivity index (χ3v) is 3.40. The molecule has 1 aliphatic carbocycles. The molecule has 0 radical (unpaired) electrons. The maximum atomic E-state index is 5.96. The summed E-state index contributed by atoms with van der Waals surface area (Å²) in [5.41, 5.74) is 5.64. The van der Waals surface area contributed by atoms with Crippen LogP contribution in [0.2, 0.25) is 0 Å². The summed E-state index contributed by atoms with van der Waals surface area (Å²) in [7, 11) is 1.69. The first kappa shape index (κ1) is 11.5. The molecule has 0 bridgehead atoms. The Balaban J connectivity index is 2.19. The average molecular weight is 225 g/mol. The Labute approximate surface area is 95.3 Å². The van der Waals surface area contributed by atoms with Crippen molar-refractivity contribution >= 4 is 0 Å². The number of hydrogen-bond acceptors (Lipinski definition) is 5. The van der Waals surface area contributed by atoms with E-state index in [1.54, 1.807) is 7.11 Å². The maximum Gasteiger partial charge on any atom is 0.243 e. The highest BCUT2D eigenvalue weighted by atomic mass is 16.5. The average Bonchev–Trinajstić information content (AvgIpc) is 2.65. The van der Waals surface area contributed by atoms with Crippen LogP contribution in [0.25, 0.3) is 0 Å². The van der Waals surface area contributed by atoms with E-state index >= 15 is 0 Å². The monoisotopic (exact) mass is 225 g/mol. The molecule has 5 nitrogen and oxygen atoms in total. The maximum absolute atomic E-state index is 5.96. The number of methoxy groups -OCH3 is 1. The SMILES string of the molecule is COC1(c2noc(C(N)C(C)C)n2)CCC1. The molecule has 2 N–H and O–H groups in total. The van der Waals surface area contributed by atoms with Gasteiger partial charge in [-0.25, -0.2) is 0 Å². The highest BCUT2D eigenvalue weighted by Gasteiger charge is 2.43. The Morgan fingerprint density at radius 1 is 1.44 bits per heavy atom. The molecule has 90 valence electrons. The lowest BCUT2D eigenvalue weighted by atomic mass is 9.79. The molecule has 0 aromatic carbocycles. The molecule has 1 fully saturated rings. The lowest BCUT2D eigenvalue weighted by molar-refractivity contribution is -0.0858. The quantitative estimate of drug-likeness (QED) is 0.845. The van der Waals surface area contributed by atoms with E-state index in [-0.39, 0.29) is 17.6 Å². The summed E-state index contributed by atoms with van der Waals surface area (Å²) < 4.78 is 10.7. The molecular weight excluding hydrogens is 206 g/mol. The van der Waals surface area contributed by atoms with Crippen molar-refractivity contribution < 1.29 is 9.26 Å². The molecule has 0 spiro atoms. The second-order valence-corrected chi connectivity index (χ2v) is 4.78. The first-order valence-corrected chi connectivity index (χ1v) is 5.74. The van der Waals surface area contributed by atoms with Crippen molar-refractivity contribution in [3.05, 3.63) is 11.7 Å². The third kappa shape index (κ3) is 1.74. The predicted octanol–water partition coefficient (Wildman–Crippen LogP) is 1.75. The van der Waals surface area contributed by atoms with Crippen LogP contribution in [0.3, 0.4) is 0 Å². The number of nitrogens with two attached hydrogens (primary N) is 1. The number of ether oxygens (including phenoxy) is 1. The minimum atomic E-state index is -0.321. The molecule has 1 atom stereocenters. The first-order valence-electron chi connectivity index (χ1n) is 5.74. The van der Waals surface area contributed by atoms with Crippen LogP contribution in [-0.2, 0) is 10.3 Å². The van der Waals surface area contributed by atoms with Gasteiger partial charge in [-0.05, 0) is 25.2 Å². The smallest absolute Gasteiger partial charge is 0.243 e. The Kier molecular flexibility index (Phi) is 2.99. The van der Waals surface area contributed by atoms with Crippen molar-refractivity contribution in [3.63, 3.8) is 0 Å². The summed E-state index contributed by atoms with van der Waals surface area (Å²) in [6.45, 7) is 4.06. The van der Waals surface area contributed by atoms with Gasteiger partial charge in [0.1, 0.15) is 5.60 Å². The zero-order valence-corrected chi connectivity index (χ0v) is 10.1. The zero-order valence-electron chi connectivity index (χ0n) is 10.1. The van der Waals surface area contributed by atoms with Crippen molar-refractivity contribution in [2.45, 2.75) is 44.8 Å². The van der Waals surface area contributed by atoms with Gasteiger partial charge in [-0.15, -0.1) is 0 Å². The number of nitrogens with zero attached hydrogens (tertiary/aromatic N) is 2. The molecule has 0 amide bonds. The topological polar surface area (TPSA) is 74.2 Å². The largest absolute Gasteiger partial charge is 0.370 e. The Bertz CT molecular complexity index is 352. The van der Waals surface area contributed by atoms with E-state index in [0.29, 0.717) is 11.7 Å². The minimum Gasteiger partial charge on any atom is -0.370 e. The minimum absolute atomic E-state index is 0.199. The van der Waals surface area contributed by atoms with E-state index < -0.39 is 0 Å². The van der Waals surface area contributed by atoms with Crippen LogP contribution in [-0.4, -0.2) is 17.3 Å². The first-order chi connectivity index (χ1) is 7.59. The molecule has 0 saturated heterocycles.